The minimum absolute atomic E-state index is 0.250. The summed E-state index contributed by atoms with van der Waals surface area (Å²) < 4.78 is 0. The Morgan fingerprint density at radius 3 is 1.19 bits per heavy atom. The number of aryl methyl sites for hydroxylation is 2. The number of anilines is 2. The molecule has 0 spiro atoms. The van der Waals surface area contributed by atoms with E-state index in [0.717, 1.165) is 33.6 Å². The number of carbonyl (C=O) groups is 2. The molecule has 0 atom stereocenters. The number of hydrogen-bond donors (Lipinski definition) is 0. The van der Waals surface area contributed by atoms with Gasteiger partial charge in [0.25, 0.3) is 11.8 Å². The molecule has 0 saturated carbocycles. The first-order chi connectivity index (χ1) is 17.5. The Kier molecular flexibility index (Phi) is 8.09. The smallest absolute Gasteiger partial charge is 0.251 e. The third-order valence-electron chi connectivity index (χ3n) is 5.96. The van der Waals surface area contributed by atoms with Crippen molar-refractivity contribution in [2.24, 2.45) is 0 Å². The van der Waals surface area contributed by atoms with E-state index in [1.807, 2.05) is 123 Å². The van der Waals surface area contributed by atoms with Crippen LogP contribution < -0.4 is 9.80 Å². The van der Waals surface area contributed by atoms with Gasteiger partial charge in [-0.25, -0.2) is 0 Å². The van der Waals surface area contributed by atoms with Crippen molar-refractivity contribution in [3.63, 3.8) is 0 Å². The van der Waals surface area contributed by atoms with Crippen LogP contribution in [0.3, 0.4) is 0 Å². The Bertz CT molecular complexity index is 1210. The van der Waals surface area contributed by atoms with E-state index in [2.05, 4.69) is 0 Å². The van der Waals surface area contributed by atoms with Gasteiger partial charge in [0.1, 0.15) is 0 Å². The average Bonchev–Trinajstić information content (AvgIpc) is 2.91. The summed E-state index contributed by atoms with van der Waals surface area (Å²) in [6, 6.07) is 35.3. The van der Waals surface area contributed by atoms with Crippen LogP contribution in [0.1, 0.15) is 22.3 Å². The topological polar surface area (TPSA) is 40.6 Å². The van der Waals surface area contributed by atoms with Crippen LogP contribution in [0.5, 0.6) is 0 Å². The number of benzene rings is 4. The molecule has 2 amide bonds. The Hall–Kier alpha value is -4.44. The molecule has 0 saturated heterocycles. The van der Waals surface area contributed by atoms with Crippen LogP contribution in [0.4, 0.5) is 11.4 Å². The van der Waals surface area contributed by atoms with Gasteiger partial charge in [0.15, 0.2) is 0 Å². The van der Waals surface area contributed by atoms with Gasteiger partial charge in [-0.15, -0.1) is 0 Å². The van der Waals surface area contributed by atoms with Crippen molar-refractivity contribution in [3.05, 3.63) is 144 Å². The molecule has 0 bridgehead atoms. The molecule has 0 aliphatic carbocycles. The van der Waals surface area contributed by atoms with Crippen LogP contribution in [-0.2, 0) is 22.7 Å². The van der Waals surface area contributed by atoms with Gasteiger partial charge >= 0.3 is 0 Å². The first-order valence-corrected chi connectivity index (χ1v) is 12.0. The van der Waals surface area contributed by atoms with E-state index in [1.165, 1.54) is 12.2 Å². The summed E-state index contributed by atoms with van der Waals surface area (Å²) in [6.07, 6.45) is 2.74. The van der Waals surface area contributed by atoms with Crippen LogP contribution in [0.15, 0.2) is 121 Å². The Morgan fingerprint density at radius 2 is 0.861 bits per heavy atom. The normalized spacial score (nSPS) is 10.8. The number of carbonyl (C=O) groups excluding carboxylic acids is 2. The van der Waals surface area contributed by atoms with Crippen molar-refractivity contribution in [1.29, 1.82) is 0 Å². The van der Waals surface area contributed by atoms with Crippen molar-refractivity contribution < 1.29 is 9.59 Å². The lowest BCUT2D eigenvalue weighted by atomic mass is 10.1. The molecule has 4 heteroatoms. The molecule has 4 rings (SSSR count). The van der Waals surface area contributed by atoms with Crippen LogP contribution in [0, 0.1) is 13.8 Å². The minimum atomic E-state index is -0.250. The van der Waals surface area contributed by atoms with E-state index in [0.29, 0.717) is 13.1 Å². The highest BCUT2D eigenvalue weighted by Gasteiger charge is 2.17. The highest BCUT2D eigenvalue weighted by molar-refractivity contribution is 6.08. The monoisotopic (exact) mass is 474 g/mol. The van der Waals surface area contributed by atoms with Gasteiger partial charge in [-0.1, -0.05) is 96.1 Å². The van der Waals surface area contributed by atoms with Gasteiger partial charge in [0.05, 0.1) is 13.1 Å². The van der Waals surface area contributed by atoms with Crippen molar-refractivity contribution in [2.45, 2.75) is 26.9 Å². The van der Waals surface area contributed by atoms with E-state index < -0.39 is 0 Å². The zero-order chi connectivity index (χ0) is 25.3. The molecule has 0 unspecified atom stereocenters. The molecule has 0 aliphatic rings. The summed E-state index contributed by atoms with van der Waals surface area (Å²) in [5.74, 6) is -0.501. The van der Waals surface area contributed by atoms with Gasteiger partial charge in [-0.2, -0.15) is 0 Å². The van der Waals surface area contributed by atoms with E-state index in [-0.39, 0.29) is 11.8 Å². The van der Waals surface area contributed by atoms with Gasteiger partial charge in [-0.05, 0) is 49.2 Å². The van der Waals surface area contributed by atoms with Crippen LogP contribution in [0.25, 0.3) is 0 Å². The average molecular weight is 475 g/mol. The molecule has 36 heavy (non-hydrogen) atoms. The number of hydrogen-bond acceptors (Lipinski definition) is 2. The van der Waals surface area contributed by atoms with Crippen molar-refractivity contribution in [2.75, 3.05) is 9.80 Å². The predicted molar refractivity (Wildman–Crippen MR) is 147 cm³/mol. The fraction of sp³-hybridized carbons (Fsp3) is 0.125. The lowest BCUT2D eigenvalue weighted by Crippen LogP contribution is -2.31. The highest BCUT2D eigenvalue weighted by Crippen LogP contribution is 2.21. The molecule has 4 aromatic rings. The number of nitrogens with zero attached hydrogens (tertiary/aromatic N) is 2. The van der Waals surface area contributed by atoms with E-state index in [4.69, 9.17) is 0 Å². The Morgan fingerprint density at radius 1 is 0.528 bits per heavy atom. The summed E-state index contributed by atoms with van der Waals surface area (Å²) in [4.78, 5) is 30.1. The van der Waals surface area contributed by atoms with Crippen molar-refractivity contribution >= 4 is 23.2 Å². The highest BCUT2D eigenvalue weighted by atomic mass is 16.2. The zero-order valence-corrected chi connectivity index (χ0v) is 20.7. The van der Waals surface area contributed by atoms with Crippen LogP contribution in [0.2, 0.25) is 0 Å². The summed E-state index contributed by atoms with van der Waals surface area (Å²) in [6.45, 7) is 4.84. The van der Waals surface area contributed by atoms with Crippen molar-refractivity contribution in [3.8, 4) is 0 Å². The van der Waals surface area contributed by atoms with Crippen LogP contribution >= 0.6 is 0 Å². The second-order valence-corrected chi connectivity index (χ2v) is 8.82. The maximum absolute atomic E-state index is 13.4. The molecule has 0 radical (unpaired) electrons. The second kappa shape index (κ2) is 11.8. The zero-order valence-electron chi connectivity index (χ0n) is 20.7. The van der Waals surface area contributed by atoms with E-state index in [9.17, 15) is 9.59 Å². The first-order valence-electron chi connectivity index (χ1n) is 12.0. The lowest BCUT2D eigenvalue weighted by molar-refractivity contribution is -0.116. The first kappa shape index (κ1) is 24.7. The summed E-state index contributed by atoms with van der Waals surface area (Å²) >= 11 is 0. The van der Waals surface area contributed by atoms with Crippen molar-refractivity contribution in [1.82, 2.24) is 0 Å². The Balaban J connectivity index is 1.59. The molecule has 4 aromatic carbocycles. The maximum Gasteiger partial charge on any atom is 0.251 e. The standard InChI is InChI=1S/C32H30N2O2/c1-25-13-17-29(18-14-25)33(23-27-9-5-3-6-10-27)31(35)21-22-32(36)34(24-28-11-7-4-8-12-28)30-19-15-26(2)16-20-30/h3-22H,23-24H2,1-2H3/b22-21+. The molecule has 0 aromatic heterocycles. The van der Waals surface area contributed by atoms with Gasteiger partial charge in [-0.3, -0.25) is 9.59 Å². The molecule has 0 aliphatic heterocycles. The molecular weight excluding hydrogens is 444 g/mol. The van der Waals surface area contributed by atoms with Crippen LogP contribution in [-0.4, -0.2) is 11.8 Å². The SMILES string of the molecule is Cc1ccc(N(Cc2ccccc2)C(=O)/C=C/C(=O)N(Cc2ccccc2)c2ccc(C)cc2)cc1. The summed E-state index contributed by atoms with van der Waals surface area (Å²) in [5.41, 5.74) is 5.82. The third-order valence-corrected chi connectivity index (χ3v) is 5.96. The quantitative estimate of drug-likeness (QED) is 0.269. The van der Waals surface area contributed by atoms with Gasteiger partial charge in [0.2, 0.25) is 0 Å². The minimum Gasteiger partial charge on any atom is -0.304 e. The fourth-order valence-electron chi connectivity index (χ4n) is 3.90. The molecule has 180 valence electrons. The second-order valence-electron chi connectivity index (χ2n) is 8.82. The maximum atomic E-state index is 13.4. The molecule has 0 N–H and O–H groups in total. The summed E-state index contributed by atoms with van der Waals surface area (Å²) in [5, 5.41) is 0. The van der Waals surface area contributed by atoms with Gasteiger partial charge < -0.3 is 9.80 Å². The lowest BCUT2D eigenvalue weighted by Gasteiger charge is -2.23. The predicted octanol–water partition coefficient (Wildman–Crippen LogP) is 6.63. The van der Waals surface area contributed by atoms with Gasteiger partial charge in [0, 0.05) is 23.5 Å². The number of rotatable bonds is 8. The molecule has 4 nitrogen and oxygen atoms in total. The Labute approximate surface area is 213 Å². The summed E-state index contributed by atoms with van der Waals surface area (Å²) in [7, 11) is 0. The molecular formula is C32H30N2O2. The fourth-order valence-corrected chi connectivity index (χ4v) is 3.90. The van der Waals surface area contributed by atoms with E-state index in [1.54, 1.807) is 9.80 Å². The largest absolute Gasteiger partial charge is 0.304 e. The molecule has 0 heterocycles. The number of amides is 2. The molecule has 0 fully saturated rings. The third kappa shape index (κ3) is 6.57. The van der Waals surface area contributed by atoms with E-state index >= 15 is 0 Å².